The van der Waals surface area contributed by atoms with Gasteiger partial charge in [0.25, 0.3) is 0 Å². The van der Waals surface area contributed by atoms with E-state index in [1.54, 1.807) is 67.5 Å². The summed E-state index contributed by atoms with van der Waals surface area (Å²) in [5, 5.41) is 2.68. The van der Waals surface area contributed by atoms with Gasteiger partial charge in [0, 0.05) is 18.7 Å². The molecule has 0 bridgehead atoms. The van der Waals surface area contributed by atoms with Crippen molar-refractivity contribution >= 4 is 46.1 Å². The molecule has 0 spiro atoms. The highest BCUT2D eigenvalue weighted by Gasteiger charge is 2.35. The molecule has 1 aliphatic rings. The number of aliphatic imine (C=N–C) groups is 1. The molecule has 1 unspecified atom stereocenters. The number of amides is 2. The monoisotopic (exact) mass is 531 g/mol. The van der Waals surface area contributed by atoms with Crippen molar-refractivity contribution in [1.82, 2.24) is 4.90 Å². The molecule has 1 N–H and O–H groups in total. The third-order valence-electron chi connectivity index (χ3n) is 5.86. The summed E-state index contributed by atoms with van der Waals surface area (Å²) in [5.74, 6) is -0.172. The Labute approximate surface area is 226 Å². The van der Waals surface area contributed by atoms with Crippen LogP contribution in [0.4, 0.5) is 11.4 Å². The number of ether oxygens (including phenoxy) is 2. The highest BCUT2D eigenvalue weighted by atomic mass is 32.2. The molecule has 3 aromatic carbocycles. The van der Waals surface area contributed by atoms with E-state index in [0.29, 0.717) is 40.8 Å². The molecular formula is C29H29N3O5S. The zero-order chi connectivity index (χ0) is 26.9. The number of hydrogen-bond donors (Lipinski definition) is 1. The third-order valence-corrected chi connectivity index (χ3v) is 7.05. The minimum Gasteiger partial charge on any atom is -0.497 e. The van der Waals surface area contributed by atoms with Gasteiger partial charge < -0.3 is 14.8 Å². The fourth-order valence-corrected chi connectivity index (χ4v) is 4.97. The molecule has 1 saturated heterocycles. The molecule has 0 saturated carbocycles. The maximum atomic E-state index is 13.3. The summed E-state index contributed by atoms with van der Waals surface area (Å²) < 4.78 is 10.2. The Hall–Kier alpha value is -4.11. The van der Waals surface area contributed by atoms with Gasteiger partial charge in [0.1, 0.15) is 11.0 Å². The lowest BCUT2D eigenvalue weighted by atomic mass is 10.1. The number of amidine groups is 1. The number of nitrogens with one attached hydrogen (secondary N) is 1. The minimum atomic E-state index is -0.643. The van der Waals surface area contributed by atoms with Crippen LogP contribution in [0.15, 0.2) is 83.9 Å². The number of methoxy groups -OCH3 is 1. The number of benzene rings is 3. The fraction of sp³-hybridized carbons (Fsp3) is 0.241. The van der Waals surface area contributed by atoms with Crippen LogP contribution in [0.25, 0.3) is 0 Å². The standard InChI is InChI=1S/C29H29N3O5S/c1-3-37-28(35)21-9-11-23(12-10-21)31-29-32(18-17-20-7-5-4-6-8-20)26(33)19-25(38-29)27(34)30-22-13-15-24(36-2)16-14-22/h4-16,25H,3,17-19H2,1-2H3,(H,30,34). The van der Waals surface area contributed by atoms with E-state index in [9.17, 15) is 14.4 Å². The molecule has 0 radical (unpaired) electrons. The molecule has 1 atom stereocenters. The summed E-state index contributed by atoms with van der Waals surface area (Å²) in [7, 11) is 1.58. The van der Waals surface area contributed by atoms with Crippen molar-refractivity contribution in [2.45, 2.75) is 25.0 Å². The van der Waals surface area contributed by atoms with E-state index in [2.05, 4.69) is 5.32 Å². The molecule has 1 fully saturated rings. The van der Waals surface area contributed by atoms with Crippen molar-refractivity contribution < 1.29 is 23.9 Å². The Balaban J connectivity index is 1.54. The van der Waals surface area contributed by atoms with Gasteiger partial charge in [-0.15, -0.1) is 0 Å². The van der Waals surface area contributed by atoms with Crippen LogP contribution in [0.1, 0.15) is 29.3 Å². The van der Waals surface area contributed by atoms with E-state index < -0.39 is 11.2 Å². The zero-order valence-electron chi connectivity index (χ0n) is 21.3. The van der Waals surface area contributed by atoms with Crippen LogP contribution in [0, 0.1) is 0 Å². The first-order valence-electron chi connectivity index (χ1n) is 12.3. The number of carbonyl (C=O) groups is 3. The highest BCUT2D eigenvalue weighted by molar-refractivity contribution is 8.15. The molecule has 4 rings (SSSR count). The lowest BCUT2D eigenvalue weighted by Gasteiger charge is -2.32. The van der Waals surface area contributed by atoms with Gasteiger partial charge in [0.05, 0.1) is 25.0 Å². The second-order valence-electron chi connectivity index (χ2n) is 8.47. The summed E-state index contributed by atoms with van der Waals surface area (Å²) in [6.45, 7) is 2.47. The average molecular weight is 532 g/mol. The van der Waals surface area contributed by atoms with E-state index in [-0.39, 0.29) is 24.8 Å². The van der Waals surface area contributed by atoms with Crippen molar-refractivity contribution in [3.63, 3.8) is 0 Å². The van der Waals surface area contributed by atoms with Crippen molar-refractivity contribution in [2.75, 3.05) is 25.6 Å². The van der Waals surface area contributed by atoms with Crippen LogP contribution >= 0.6 is 11.8 Å². The number of thioether (sulfide) groups is 1. The largest absolute Gasteiger partial charge is 0.497 e. The Morgan fingerprint density at radius 1 is 1.03 bits per heavy atom. The van der Waals surface area contributed by atoms with Gasteiger partial charge in [0.15, 0.2) is 5.17 Å². The zero-order valence-corrected chi connectivity index (χ0v) is 22.1. The Kier molecular flexibility index (Phi) is 9.16. The SMILES string of the molecule is CCOC(=O)c1ccc(N=C2SC(C(=O)Nc3ccc(OC)cc3)CC(=O)N2CCc2ccccc2)cc1. The van der Waals surface area contributed by atoms with E-state index in [4.69, 9.17) is 14.5 Å². The number of esters is 1. The van der Waals surface area contributed by atoms with Gasteiger partial charge in [0.2, 0.25) is 11.8 Å². The van der Waals surface area contributed by atoms with E-state index in [1.807, 2.05) is 30.3 Å². The maximum absolute atomic E-state index is 13.3. The topological polar surface area (TPSA) is 97.3 Å². The van der Waals surface area contributed by atoms with Gasteiger partial charge in [-0.3, -0.25) is 14.5 Å². The van der Waals surface area contributed by atoms with Crippen LogP contribution in [0.2, 0.25) is 0 Å². The van der Waals surface area contributed by atoms with Gasteiger partial charge in [-0.05, 0) is 67.4 Å². The van der Waals surface area contributed by atoms with Crippen LogP contribution in [0.3, 0.4) is 0 Å². The summed E-state index contributed by atoms with van der Waals surface area (Å²) in [6.07, 6.45) is 0.707. The maximum Gasteiger partial charge on any atom is 0.338 e. The molecule has 1 heterocycles. The first-order valence-corrected chi connectivity index (χ1v) is 13.2. The van der Waals surface area contributed by atoms with Gasteiger partial charge >= 0.3 is 5.97 Å². The molecule has 8 nitrogen and oxygen atoms in total. The Bertz CT molecular complexity index is 1290. The van der Waals surface area contributed by atoms with Crippen molar-refractivity contribution in [3.8, 4) is 5.75 Å². The molecule has 196 valence electrons. The fourth-order valence-electron chi connectivity index (χ4n) is 3.84. The van der Waals surface area contributed by atoms with Crippen molar-refractivity contribution in [2.24, 2.45) is 4.99 Å². The molecule has 0 aromatic heterocycles. The predicted molar refractivity (Wildman–Crippen MR) is 149 cm³/mol. The predicted octanol–water partition coefficient (Wildman–Crippen LogP) is 5.07. The smallest absolute Gasteiger partial charge is 0.338 e. The molecule has 2 amide bonds. The normalized spacial score (nSPS) is 16.3. The summed E-state index contributed by atoms with van der Waals surface area (Å²) >= 11 is 1.25. The molecule has 1 aliphatic heterocycles. The Morgan fingerprint density at radius 2 is 1.74 bits per heavy atom. The van der Waals surface area contributed by atoms with Crippen LogP contribution < -0.4 is 10.1 Å². The number of rotatable bonds is 9. The molecule has 0 aliphatic carbocycles. The van der Waals surface area contributed by atoms with E-state index in [1.165, 1.54) is 11.8 Å². The summed E-state index contributed by atoms with van der Waals surface area (Å²) in [5.41, 5.74) is 2.70. The van der Waals surface area contributed by atoms with Crippen molar-refractivity contribution in [3.05, 3.63) is 90.0 Å². The number of anilines is 1. The third kappa shape index (κ3) is 7.01. The lowest BCUT2D eigenvalue weighted by Crippen LogP contribution is -2.46. The average Bonchev–Trinajstić information content (AvgIpc) is 2.94. The molecule has 9 heteroatoms. The first kappa shape index (κ1) is 26.9. The van der Waals surface area contributed by atoms with Gasteiger partial charge in [-0.1, -0.05) is 42.1 Å². The van der Waals surface area contributed by atoms with Crippen molar-refractivity contribution in [1.29, 1.82) is 0 Å². The van der Waals surface area contributed by atoms with Gasteiger partial charge in [-0.2, -0.15) is 0 Å². The Morgan fingerprint density at radius 3 is 2.39 bits per heavy atom. The number of hydrogen-bond acceptors (Lipinski definition) is 7. The lowest BCUT2D eigenvalue weighted by molar-refractivity contribution is -0.129. The first-order chi connectivity index (χ1) is 18.5. The van der Waals surface area contributed by atoms with Crippen LogP contribution in [-0.2, 0) is 20.7 Å². The second kappa shape index (κ2) is 12.9. The highest BCUT2D eigenvalue weighted by Crippen LogP contribution is 2.30. The van der Waals surface area contributed by atoms with Gasteiger partial charge in [-0.25, -0.2) is 9.79 Å². The molecule has 38 heavy (non-hydrogen) atoms. The van der Waals surface area contributed by atoms with Crippen LogP contribution in [0.5, 0.6) is 5.75 Å². The van der Waals surface area contributed by atoms with E-state index >= 15 is 0 Å². The summed E-state index contributed by atoms with van der Waals surface area (Å²) in [4.78, 5) is 44.7. The molecule has 3 aromatic rings. The molecular weight excluding hydrogens is 502 g/mol. The minimum absolute atomic E-state index is 0.0578. The summed E-state index contributed by atoms with van der Waals surface area (Å²) in [6, 6.07) is 23.6. The number of nitrogens with zero attached hydrogens (tertiary/aromatic N) is 2. The van der Waals surface area contributed by atoms with E-state index in [0.717, 1.165) is 5.56 Å². The number of carbonyl (C=O) groups excluding carboxylic acids is 3. The van der Waals surface area contributed by atoms with Crippen LogP contribution in [-0.4, -0.2) is 53.4 Å². The quantitative estimate of drug-likeness (QED) is 0.387. The second-order valence-corrected chi connectivity index (χ2v) is 9.64.